The number of halogens is 1. The van der Waals surface area contributed by atoms with Gasteiger partial charge in [-0.3, -0.25) is 4.79 Å². The molecule has 6 nitrogen and oxygen atoms in total. The minimum Gasteiger partial charge on any atom is -0.484 e. The largest absolute Gasteiger partial charge is 0.484 e. The third-order valence-electron chi connectivity index (χ3n) is 3.46. The first-order valence-corrected chi connectivity index (χ1v) is 7.89. The minimum absolute atomic E-state index is 0.113. The van der Waals surface area contributed by atoms with Crippen molar-refractivity contribution in [1.29, 1.82) is 0 Å². The average Bonchev–Trinajstić information content (AvgIpc) is 2.52. The number of ether oxygens (including phenoxy) is 2. The van der Waals surface area contributed by atoms with Gasteiger partial charge in [-0.05, 0) is 45.0 Å². The summed E-state index contributed by atoms with van der Waals surface area (Å²) in [6.45, 7) is 7.06. The Morgan fingerprint density at radius 1 is 1.04 bits per heavy atom. The molecule has 0 N–H and O–H groups in total. The van der Waals surface area contributed by atoms with Crippen LogP contribution >= 0.6 is 0 Å². The van der Waals surface area contributed by atoms with E-state index >= 15 is 0 Å². The minimum atomic E-state index is -0.535. The van der Waals surface area contributed by atoms with E-state index in [-0.39, 0.29) is 24.4 Å². The van der Waals surface area contributed by atoms with E-state index in [1.54, 1.807) is 9.80 Å². The summed E-state index contributed by atoms with van der Waals surface area (Å²) in [5.74, 6) is -0.0766. The molecule has 1 aromatic carbocycles. The van der Waals surface area contributed by atoms with Gasteiger partial charge in [-0.15, -0.1) is 0 Å². The number of benzene rings is 1. The van der Waals surface area contributed by atoms with Gasteiger partial charge in [0.1, 0.15) is 17.2 Å². The number of carbonyl (C=O) groups excluding carboxylic acids is 2. The van der Waals surface area contributed by atoms with Gasteiger partial charge in [-0.1, -0.05) is 0 Å². The fraction of sp³-hybridized carbons (Fsp3) is 0.529. The van der Waals surface area contributed by atoms with Gasteiger partial charge in [0.05, 0.1) is 0 Å². The first-order valence-electron chi connectivity index (χ1n) is 7.89. The van der Waals surface area contributed by atoms with E-state index in [9.17, 15) is 14.0 Å². The van der Waals surface area contributed by atoms with Crippen LogP contribution in [0.4, 0.5) is 9.18 Å². The highest BCUT2D eigenvalue weighted by atomic mass is 19.1. The highest BCUT2D eigenvalue weighted by Crippen LogP contribution is 2.13. The molecular formula is C17H23FN2O4. The van der Waals surface area contributed by atoms with Crippen LogP contribution in [0, 0.1) is 5.82 Å². The van der Waals surface area contributed by atoms with Crippen molar-refractivity contribution in [1.82, 2.24) is 9.80 Å². The fourth-order valence-corrected chi connectivity index (χ4v) is 2.23. The Labute approximate surface area is 141 Å². The van der Waals surface area contributed by atoms with Crippen LogP contribution in [0.3, 0.4) is 0 Å². The predicted molar refractivity (Wildman–Crippen MR) is 86.3 cm³/mol. The SMILES string of the molecule is CC(C)(C)OC(=O)N1CCN(C(=O)COc2ccc(F)cc2)CC1. The summed E-state index contributed by atoms with van der Waals surface area (Å²) in [5.41, 5.74) is -0.535. The van der Waals surface area contributed by atoms with Gasteiger partial charge in [-0.2, -0.15) is 0 Å². The molecule has 0 bridgehead atoms. The zero-order chi connectivity index (χ0) is 17.7. The molecule has 132 valence electrons. The second-order valence-electron chi connectivity index (χ2n) is 6.59. The van der Waals surface area contributed by atoms with Gasteiger partial charge in [0.25, 0.3) is 5.91 Å². The first-order chi connectivity index (χ1) is 11.2. The topological polar surface area (TPSA) is 59.1 Å². The van der Waals surface area contributed by atoms with Crippen LogP contribution in [0.15, 0.2) is 24.3 Å². The molecule has 1 heterocycles. The molecule has 7 heteroatoms. The summed E-state index contributed by atoms with van der Waals surface area (Å²) in [6.07, 6.45) is -0.364. The number of piperazine rings is 1. The molecule has 0 saturated carbocycles. The van der Waals surface area contributed by atoms with Gasteiger partial charge in [0, 0.05) is 26.2 Å². The van der Waals surface area contributed by atoms with Gasteiger partial charge in [0.2, 0.25) is 0 Å². The molecule has 0 aliphatic carbocycles. The molecule has 0 atom stereocenters. The summed E-state index contributed by atoms with van der Waals surface area (Å²) >= 11 is 0. The van der Waals surface area contributed by atoms with Crippen LogP contribution in [0.25, 0.3) is 0 Å². The van der Waals surface area contributed by atoms with Crippen molar-refractivity contribution in [3.63, 3.8) is 0 Å². The lowest BCUT2D eigenvalue weighted by Crippen LogP contribution is -2.52. The molecule has 1 fully saturated rings. The Kier molecular flexibility index (Phi) is 5.64. The summed E-state index contributed by atoms with van der Waals surface area (Å²) in [7, 11) is 0. The molecule has 1 aliphatic rings. The number of hydrogen-bond acceptors (Lipinski definition) is 4. The average molecular weight is 338 g/mol. The van der Waals surface area contributed by atoms with E-state index in [2.05, 4.69) is 0 Å². The summed E-state index contributed by atoms with van der Waals surface area (Å²) < 4.78 is 23.5. The van der Waals surface area contributed by atoms with Crippen molar-refractivity contribution in [2.45, 2.75) is 26.4 Å². The molecule has 2 amide bonds. The third-order valence-corrected chi connectivity index (χ3v) is 3.46. The molecular weight excluding hydrogens is 315 g/mol. The van der Waals surface area contributed by atoms with Crippen LogP contribution in [-0.4, -0.2) is 60.2 Å². The third kappa shape index (κ3) is 5.40. The normalized spacial score (nSPS) is 15.2. The zero-order valence-electron chi connectivity index (χ0n) is 14.3. The Bertz CT molecular complexity index is 575. The lowest BCUT2D eigenvalue weighted by molar-refractivity contribution is -0.135. The van der Waals surface area contributed by atoms with Crippen molar-refractivity contribution in [2.75, 3.05) is 32.8 Å². The second kappa shape index (κ2) is 7.51. The smallest absolute Gasteiger partial charge is 0.410 e. The lowest BCUT2D eigenvalue weighted by Gasteiger charge is -2.35. The summed E-state index contributed by atoms with van der Waals surface area (Å²) in [5, 5.41) is 0. The molecule has 0 aromatic heterocycles. The van der Waals surface area contributed by atoms with Gasteiger partial charge >= 0.3 is 6.09 Å². The van der Waals surface area contributed by atoms with E-state index < -0.39 is 5.60 Å². The van der Waals surface area contributed by atoms with Crippen molar-refractivity contribution < 1.29 is 23.5 Å². The van der Waals surface area contributed by atoms with Crippen LogP contribution < -0.4 is 4.74 Å². The fourth-order valence-electron chi connectivity index (χ4n) is 2.23. The Hall–Kier alpha value is -2.31. The highest BCUT2D eigenvalue weighted by molar-refractivity contribution is 5.78. The second-order valence-corrected chi connectivity index (χ2v) is 6.59. The molecule has 0 unspecified atom stereocenters. The molecule has 1 saturated heterocycles. The highest BCUT2D eigenvalue weighted by Gasteiger charge is 2.27. The molecule has 1 aromatic rings. The van der Waals surface area contributed by atoms with E-state index in [0.29, 0.717) is 31.9 Å². The van der Waals surface area contributed by atoms with Crippen molar-refractivity contribution in [3.8, 4) is 5.75 Å². The van der Waals surface area contributed by atoms with E-state index in [1.165, 1.54) is 24.3 Å². The number of hydrogen-bond donors (Lipinski definition) is 0. The number of carbonyl (C=O) groups is 2. The monoisotopic (exact) mass is 338 g/mol. The maximum atomic E-state index is 12.8. The molecule has 0 spiro atoms. The van der Waals surface area contributed by atoms with Crippen LogP contribution in [0.1, 0.15) is 20.8 Å². The van der Waals surface area contributed by atoms with Crippen molar-refractivity contribution in [2.24, 2.45) is 0 Å². The Morgan fingerprint density at radius 3 is 2.12 bits per heavy atom. The maximum absolute atomic E-state index is 12.8. The number of nitrogens with zero attached hydrogens (tertiary/aromatic N) is 2. The van der Waals surface area contributed by atoms with Crippen LogP contribution in [0.2, 0.25) is 0 Å². The molecule has 0 radical (unpaired) electrons. The Morgan fingerprint density at radius 2 is 1.58 bits per heavy atom. The van der Waals surface area contributed by atoms with E-state index in [1.807, 2.05) is 20.8 Å². The van der Waals surface area contributed by atoms with Gasteiger partial charge in [0.15, 0.2) is 6.61 Å². The first kappa shape index (κ1) is 18.0. The number of amides is 2. The summed E-state index contributed by atoms with van der Waals surface area (Å²) in [6, 6.07) is 5.50. The standard InChI is InChI=1S/C17H23FN2O4/c1-17(2,3)24-16(22)20-10-8-19(9-11-20)15(21)12-23-14-6-4-13(18)5-7-14/h4-7H,8-12H2,1-3H3. The van der Waals surface area contributed by atoms with Crippen molar-refractivity contribution >= 4 is 12.0 Å². The van der Waals surface area contributed by atoms with E-state index in [4.69, 9.17) is 9.47 Å². The molecule has 2 rings (SSSR count). The van der Waals surface area contributed by atoms with Crippen molar-refractivity contribution in [3.05, 3.63) is 30.1 Å². The van der Waals surface area contributed by atoms with Gasteiger partial charge < -0.3 is 19.3 Å². The molecule has 24 heavy (non-hydrogen) atoms. The predicted octanol–water partition coefficient (Wildman–Crippen LogP) is 2.28. The van der Waals surface area contributed by atoms with Gasteiger partial charge in [-0.25, -0.2) is 9.18 Å². The van der Waals surface area contributed by atoms with Crippen LogP contribution in [-0.2, 0) is 9.53 Å². The Balaban J connectivity index is 1.76. The number of rotatable bonds is 3. The molecule has 1 aliphatic heterocycles. The zero-order valence-corrected chi connectivity index (χ0v) is 14.3. The maximum Gasteiger partial charge on any atom is 0.410 e. The quantitative estimate of drug-likeness (QED) is 0.848. The summed E-state index contributed by atoms with van der Waals surface area (Å²) in [4.78, 5) is 27.3. The van der Waals surface area contributed by atoms with E-state index in [0.717, 1.165) is 0 Å². The van der Waals surface area contributed by atoms with Crippen LogP contribution in [0.5, 0.6) is 5.75 Å². The lowest BCUT2D eigenvalue weighted by atomic mass is 10.2.